The lowest BCUT2D eigenvalue weighted by Gasteiger charge is -2.35. The molecule has 0 unspecified atom stereocenters. The lowest BCUT2D eigenvalue weighted by molar-refractivity contribution is 0.171. The van der Waals surface area contributed by atoms with Crippen molar-refractivity contribution in [1.29, 1.82) is 0 Å². The number of rotatable bonds is 0. The molecule has 2 aliphatic carbocycles. The lowest BCUT2D eigenvalue weighted by atomic mass is 9.71. The zero-order chi connectivity index (χ0) is 13.7. The minimum atomic E-state index is 1.16. The summed E-state index contributed by atoms with van der Waals surface area (Å²) in [5.74, 6) is 2.31. The monoisotopic (exact) mass is 258 g/mol. The third kappa shape index (κ3) is 4.09. The first-order valence-corrected chi connectivity index (χ1v) is 8.21. The predicted octanol–water partition coefficient (Wildman–Crippen LogP) is 5.98. The fraction of sp³-hybridized carbons (Fsp3) is 0.684. The summed E-state index contributed by atoms with van der Waals surface area (Å²) in [5, 5.41) is 0. The second kappa shape index (κ2) is 7.12. The summed E-state index contributed by atoms with van der Waals surface area (Å²) in [5.41, 5.74) is 4.18. The van der Waals surface area contributed by atoms with Gasteiger partial charge in [-0.25, -0.2) is 0 Å². The topological polar surface area (TPSA) is 0 Å². The second-order valence-electron chi connectivity index (χ2n) is 6.61. The smallest absolute Gasteiger partial charge is 0.0386 e. The van der Waals surface area contributed by atoms with Crippen molar-refractivity contribution in [3.63, 3.8) is 0 Å². The van der Waals surface area contributed by atoms with Crippen LogP contribution in [0.3, 0.4) is 0 Å². The van der Waals surface area contributed by atoms with E-state index in [-0.39, 0.29) is 0 Å². The molecule has 0 amide bonds. The Morgan fingerprint density at radius 2 is 1.05 bits per heavy atom. The van der Waals surface area contributed by atoms with Gasteiger partial charge in [-0.1, -0.05) is 69.6 Å². The van der Waals surface area contributed by atoms with Crippen LogP contribution in [-0.4, -0.2) is 0 Å². The fourth-order valence-electron chi connectivity index (χ4n) is 3.76. The van der Waals surface area contributed by atoms with E-state index in [2.05, 4.69) is 39.0 Å². The van der Waals surface area contributed by atoms with Crippen molar-refractivity contribution in [3.8, 4) is 0 Å². The molecule has 0 aliphatic heterocycles. The van der Waals surface area contributed by atoms with Crippen molar-refractivity contribution in [2.24, 2.45) is 11.8 Å². The van der Waals surface area contributed by atoms with Crippen molar-refractivity contribution in [2.75, 3.05) is 0 Å². The highest BCUT2D eigenvalue weighted by Gasteiger charge is 2.26. The molecule has 0 bridgehead atoms. The molecule has 0 nitrogen and oxygen atoms in total. The van der Waals surface area contributed by atoms with E-state index in [4.69, 9.17) is 0 Å². The summed E-state index contributed by atoms with van der Waals surface area (Å²) in [6.45, 7) is 6.44. The molecule has 106 valence electrons. The average Bonchev–Trinajstić information content (AvgIpc) is 2.45. The Bertz CT molecular complexity index is 345. The van der Waals surface area contributed by atoms with Gasteiger partial charge >= 0.3 is 0 Å². The van der Waals surface area contributed by atoms with Crippen LogP contribution in [0, 0.1) is 32.6 Å². The predicted molar refractivity (Wildman–Crippen MR) is 84.6 cm³/mol. The fourth-order valence-corrected chi connectivity index (χ4v) is 3.76. The molecule has 3 rings (SSSR count). The highest BCUT2D eigenvalue weighted by molar-refractivity contribution is 5.31. The average molecular weight is 258 g/mol. The highest BCUT2D eigenvalue weighted by Crippen LogP contribution is 2.39. The van der Waals surface area contributed by atoms with Crippen LogP contribution in [-0.2, 0) is 0 Å². The Labute approximate surface area is 119 Å². The van der Waals surface area contributed by atoms with Crippen LogP contribution in [0.1, 0.15) is 68.1 Å². The zero-order valence-corrected chi connectivity index (χ0v) is 13.0. The van der Waals surface area contributed by atoms with Gasteiger partial charge in [0, 0.05) is 0 Å². The van der Waals surface area contributed by atoms with Gasteiger partial charge in [0.1, 0.15) is 0 Å². The van der Waals surface area contributed by atoms with E-state index in [1.54, 1.807) is 25.7 Å². The Morgan fingerprint density at radius 1 is 0.684 bits per heavy atom. The van der Waals surface area contributed by atoms with Crippen LogP contribution >= 0.6 is 0 Å². The van der Waals surface area contributed by atoms with E-state index in [0.29, 0.717) is 0 Å². The van der Waals surface area contributed by atoms with Gasteiger partial charge in [-0.3, -0.25) is 0 Å². The molecule has 2 saturated carbocycles. The Morgan fingerprint density at radius 3 is 1.37 bits per heavy atom. The molecule has 1 aromatic rings. The highest BCUT2D eigenvalue weighted by atomic mass is 14.3. The van der Waals surface area contributed by atoms with E-state index in [9.17, 15) is 0 Å². The molecule has 0 aromatic heterocycles. The lowest BCUT2D eigenvalue weighted by Crippen LogP contribution is -2.22. The molecule has 0 saturated heterocycles. The molecule has 2 aliphatic rings. The Kier molecular flexibility index (Phi) is 5.48. The van der Waals surface area contributed by atoms with Crippen LogP contribution in [0.15, 0.2) is 18.2 Å². The first-order valence-electron chi connectivity index (χ1n) is 8.21. The second-order valence-corrected chi connectivity index (χ2v) is 6.61. The number of benzene rings is 1. The first-order chi connectivity index (χ1) is 9.18. The van der Waals surface area contributed by atoms with E-state index >= 15 is 0 Å². The molecule has 0 radical (unpaired) electrons. The summed E-state index contributed by atoms with van der Waals surface area (Å²) in [6.07, 6.45) is 12.4. The summed E-state index contributed by atoms with van der Waals surface area (Å²) in [4.78, 5) is 0. The van der Waals surface area contributed by atoms with Crippen molar-refractivity contribution < 1.29 is 0 Å². The zero-order valence-electron chi connectivity index (χ0n) is 13.0. The first kappa shape index (κ1) is 14.6. The van der Waals surface area contributed by atoms with Gasteiger partial charge in [0.25, 0.3) is 0 Å². The minimum absolute atomic E-state index is 1.16. The van der Waals surface area contributed by atoms with E-state index in [1.807, 2.05) is 0 Å². The molecule has 0 N–H and O–H groups in total. The van der Waals surface area contributed by atoms with Crippen LogP contribution in [0.2, 0.25) is 0 Å². The molecule has 0 spiro atoms. The van der Waals surface area contributed by atoms with Crippen molar-refractivity contribution in [1.82, 2.24) is 0 Å². The van der Waals surface area contributed by atoms with Gasteiger partial charge in [0.15, 0.2) is 0 Å². The molecule has 0 heteroatoms. The number of hydrogen-bond acceptors (Lipinski definition) is 0. The van der Waals surface area contributed by atoms with Crippen molar-refractivity contribution in [2.45, 2.75) is 72.1 Å². The standard InChI is InChI=1S/C10H18.C9H12/c1-2-6-10-8-4-3-7-9(10)5-1;1-7-5-4-6-8(2)9(7)3/h9-10H,1-8H2;4-6H,1-3H3. The van der Waals surface area contributed by atoms with Gasteiger partial charge < -0.3 is 0 Å². The maximum Gasteiger partial charge on any atom is -0.0386 e. The van der Waals surface area contributed by atoms with Crippen LogP contribution in [0.25, 0.3) is 0 Å². The summed E-state index contributed by atoms with van der Waals surface area (Å²) in [6, 6.07) is 6.38. The minimum Gasteiger partial charge on any atom is -0.0617 e. The van der Waals surface area contributed by atoms with Crippen molar-refractivity contribution >= 4 is 0 Å². The third-order valence-electron chi connectivity index (χ3n) is 5.34. The van der Waals surface area contributed by atoms with E-state index < -0.39 is 0 Å². The quantitative estimate of drug-likeness (QED) is 0.537. The molecular weight excluding hydrogens is 228 g/mol. The van der Waals surface area contributed by atoms with Crippen molar-refractivity contribution in [3.05, 3.63) is 34.9 Å². The Hall–Kier alpha value is -0.780. The molecule has 19 heavy (non-hydrogen) atoms. The van der Waals surface area contributed by atoms with Crippen LogP contribution in [0.4, 0.5) is 0 Å². The van der Waals surface area contributed by atoms with E-state index in [0.717, 1.165) is 11.8 Å². The molecular formula is C19H30. The molecule has 2 fully saturated rings. The third-order valence-corrected chi connectivity index (χ3v) is 5.34. The summed E-state index contributed by atoms with van der Waals surface area (Å²) < 4.78 is 0. The number of hydrogen-bond donors (Lipinski definition) is 0. The molecule has 1 aromatic carbocycles. The van der Waals surface area contributed by atoms with Gasteiger partial charge in [-0.15, -0.1) is 0 Å². The largest absolute Gasteiger partial charge is 0.0617 e. The van der Waals surface area contributed by atoms with Gasteiger partial charge in [-0.05, 0) is 49.3 Å². The van der Waals surface area contributed by atoms with Gasteiger partial charge in [0.05, 0.1) is 0 Å². The molecule has 0 heterocycles. The maximum absolute atomic E-state index is 2.16. The molecule has 0 atom stereocenters. The normalized spacial score (nSPS) is 26.1. The SMILES string of the molecule is C1CCC2CCCCC2C1.Cc1cccc(C)c1C. The van der Waals surface area contributed by atoms with Gasteiger partial charge in [-0.2, -0.15) is 0 Å². The van der Waals surface area contributed by atoms with Crippen LogP contribution in [0.5, 0.6) is 0 Å². The Balaban J connectivity index is 0.000000141. The summed E-state index contributed by atoms with van der Waals surface area (Å²) >= 11 is 0. The van der Waals surface area contributed by atoms with Gasteiger partial charge in [0.2, 0.25) is 0 Å². The summed E-state index contributed by atoms with van der Waals surface area (Å²) in [7, 11) is 0. The van der Waals surface area contributed by atoms with E-state index in [1.165, 1.54) is 42.4 Å². The number of aryl methyl sites for hydroxylation is 2. The number of fused-ring (bicyclic) bond motifs is 1. The van der Waals surface area contributed by atoms with Crippen LogP contribution < -0.4 is 0 Å². The maximum atomic E-state index is 2.16.